The van der Waals surface area contributed by atoms with Gasteiger partial charge in [0.05, 0.1) is 17.9 Å². The minimum Gasteiger partial charge on any atom is -0.490 e. The van der Waals surface area contributed by atoms with Crippen molar-refractivity contribution >= 4 is 28.8 Å². The van der Waals surface area contributed by atoms with Crippen molar-refractivity contribution in [2.45, 2.75) is 0 Å². The van der Waals surface area contributed by atoms with Gasteiger partial charge in [-0.1, -0.05) is 0 Å². The van der Waals surface area contributed by atoms with E-state index in [4.69, 9.17) is 22.1 Å². The third kappa shape index (κ3) is 2.22. The normalized spacial score (nSPS) is 9.88. The van der Waals surface area contributed by atoms with Crippen LogP contribution < -0.4 is 10.5 Å². The highest BCUT2D eigenvalue weighted by Gasteiger charge is 2.20. The lowest BCUT2D eigenvalue weighted by Gasteiger charge is -2.06. The van der Waals surface area contributed by atoms with Crippen molar-refractivity contribution in [3.63, 3.8) is 0 Å². The smallest absolute Gasteiger partial charge is 0.311 e. The Kier molecular flexibility index (Phi) is 3.68. The number of nitrogen functional groups attached to an aromatic ring is 1. The maximum absolute atomic E-state index is 11.3. The number of ketones is 1. The molecule has 86 valence electrons. The van der Waals surface area contributed by atoms with Crippen LogP contribution in [-0.4, -0.2) is 23.7 Å². The van der Waals surface area contributed by atoms with Crippen LogP contribution in [0.25, 0.3) is 0 Å². The van der Waals surface area contributed by atoms with Crippen molar-refractivity contribution in [2.75, 3.05) is 18.7 Å². The molecule has 0 amide bonds. The first kappa shape index (κ1) is 12.3. The van der Waals surface area contributed by atoms with Gasteiger partial charge >= 0.3 is 5.69 Å². The predicted molar refractivity (Wildman–Crippen MR) is 59.1 cm³/mol. The molecule has 0 radical (unpaired) electrons. The summed E-state index contributed by atoms with van der Waals surface area (Å²) >= 11 is 5.36. The molecule has 0 fully saturated rings. The number of hydrogen-bond donors (Lipinski definition) is 1. The third-order valence-corrected chi connectivity index (χ3v) is 2.21. The second kappa shape index (κ2) is 4.80. The highest BCUT2D eigenvalue weighted by Crippen LogP contribution is 2.31. The van der Waals surface area contributed by atoms with Gasteiger partial charge in [-0.25, -0.2) is 0 Å². The molecule has 0 spiro atoms. The summed E-state index contributed by atoms with van der Waals surface area (Å²) in [5.41, 5.74) is 5.38. The van der Waals surface area contributed by atoms with Crippen molar-refractivity contribution in [3.8, 4) is 5.75 Å². The van der Waals surface area contributed by atoms with Crippen LogP contribution >= 0.6 is 11.6 Å². The van der Waals surface area contributed by atoms with Gasteiger partial charge < -0.3 is 10.5 Å². The van der Waals surface area contributed by atoms with E-state index in [-0.39, 0.29) is 28.6 Å². The maximum Gasteiger partial charge on any atom is 0.311 e. The number of halogens is 1. The van der Waals surface area contributed by atoms with Gasteiger partial charge in [-0.15, -0.1) is 11.6 Å². The average molecular weight is 245 g/mol. The molecular weight excluding hydrogens is 236 g/mol. The topological polar surface area (TPSA) is 95.5 Å². The zero-order valence-corrected chi connectivity index (χ0v) is 9.15. The van der Waals surface area contributed by atoms with Crippen molar-refractivity contribution in [1.82, 2.24) is 0 Å². The number of nitro benzene ring substituents is 1. The standard InChI is InChI=1S/C9H9ClN2O4/c1-16-9-3-6(11)5(8(13)4-10)2-7(9)12(14)15/h2-3H,4,11H2,1H3. The summed E-state index contributed by atoms with van der Waals surface area (Å²) in [5, 5.41) is 10.7. The van der Waals surface area contributed by atoms with Crippen LogP contribution in [-0.2, 0) is 0 Å². The molecule has 0 aliphatic heterocycles. The summed E-state index contributed by atoms with van der Waals surface area (Å²) in [7, 11) is 1.28. The maximum atomic E-state index is 11.3. The number of carbonyl (C=O) groups excluding carboxylic acids is 1. The number of rotatable bonds is 4. The van der Waals surface area contributed by atoms with Crippen molar-refractivity contribution in [3.05, 3.63) is 27.8 Å². The number of nitrogens with zero attached hydrogens (tertiary/aromatic N) is 1. The van der Waals surface area contributed by atoms with Crippen LogP contribution in [0, 0.1) is 10.1 Å². The zero-order chi connectivity index (χ0) is 12.3. The molecule has 1 rings (SSSR count). The number of anilines is 1. The minimum absolute atomic E-state index is 0.00798. The fourth-order valence-corrected chi connectivity index (χ4v) is 1.35. The first-order valence-electron chi connectivity index (χ1n) is 4.22. The van der Waals surface area contributed by atoms with E-state index in [9.17, 15) is 14.9 Å². The van der Waals surface area contributed by atoms with E-state index in [0.717, 1.165) is 6.07 Å². The highest BCUT2D eigenvalue weighted by atomic mass is 35.5. The second-order valence-electron chi connectivity index (χ2n) is 2.93. The lowest BCUT2D eigenvalue weighted by molar-refractivity contribution is -0.385. The molecule has 0 aromatic heterocycles. The molecule has 0 unspecified atom stereocenters. The lowest BCUT2D eigenvalue weighted by Crippen LogP contribution is -2.07. The van der Waals surface area contributed by atoms with Gasteiger partial charge in [0.15, 0.2) is 11.5 Å². The Labute approximate surface area is 96.1 Å². The first-order chi connectivity index (χ1) is 7.51. The number of carbonyl (C=O) groups is 1. The zero-order valence-electron chi connectivity index (χ0n) is 8.40. The molecule has 0 aliphatic carbocycles. The molecule has 1 aromatic rings. The number of alkyl halides is 1. The lowest BCUT2D eigenvalue weighted by atomic mass is 10.1. The van der Waals surface area contributed by atoms with E-state index >= 15 is 0 Å². The quantitative estimate of drug-likeness (QED) is 0.285. The van der Waals surface area contributed by atoms with E-state index < -0.39 is 10.7 Å². The largest absolute Gasteiger partial charge is 0.490 e. The summed E-state index contributed by atoms with van der Waals surface area (Å²) in [6.07, 6.45) is 0. The van der Waals surface area contributed by atoms with E-state index in [1.165, 1.54) is 13.2 Å². The van der Waals surface area contributed by atoms with Crippen molar-refractivity contribution < 1.29 is 14.5 Å². The monoisotopic (exact) mass is 244 g/mol. The van der Waals surface area contributed by atoms with E-state index in [0.29, 0.717) is 0 Å². The third-order valence-electron chi connectivity index (χ3n) is 1.97. The Balaban J connectivity index is 3.38. The van der Waals surface area contributed by atoms with E-state index in [2.05, 4.69) is 0 Å². The Hall–Kier alpha value is -1.82. The van der Waals surface area contributed by atoms with Crippen LogP contribution in [0.4, 0.5) is 11.4 Å². The first-order valence-corrected chi connectivity index (χ1v) is 4.75. The molecule has 0 saturated heterocycles. The van der Waals surface area contributed by atoms with Crippen LogP contribution in [0.15, 0.2) is 12.1 Å². The highest BCUT2D eigenvalue weighted by molar-refractivity contribution is 6.31. The molecule has 0 saturated carbocycles. The van der Waals surface area contributed by atoms with Crippen LogP contribution in [0.1, 0.15) is 10.4 Å². The van der Waals surface area contributed by atoms with Crippen LogP contribution in [0.3, 0.4) is 0 Å². The number of nitro groups is 1. The van der Waals surface area contributed by atoms with Gasteiger partial charge in [0.1, 0.15) is 0 Å². The minimum atomic E-state index is -0.650. The van der Waals surface area contributed by atoms with E-state index in [1.807, 2.05) is 0 Å². The number of ether oxygens (including phenoxy) is 1. The van der Waals surface area contributed by atoms with Gasteiger partial charge in [-0.2, -0.15) is 0 Å². The summed E-state index contributed by atoms with van der Waals surface area (Å²) < 4.78 is 4.79. The molecule has 6 nitrogen and oxygen atoms in total. The Morgan fingerprint density at radius 1 is 1.62 bits per heavy atom. The number of benzene rings is 1. The van der Waals surface area contributed by atoms with Gasteiger partial charge in [-0.3, -0.25) is 14.9 Å². The molecule has 0 heterocycles. The fourth-order valence-electron chi connectivity index (χ4n) is 1.20. The number of Topliss-reactive ketones (excluding diaryl/α,β-unsaturated/α-hetero) is 1. The molecule has 16 heavy (non-hydrogen) atoms. The summed E-state index contributed by atoms with van der Waals surface area (Å²) in [5.74, 6) is -0.744. The molecule has 0 aliphatic rings. The molecule has 1 aromatic carbocycles. The Morgan fingerprint density at radius 3 is 2.69 bits per heavy atom. The predicted octanol–water partition coefficient (Wildman–Crippen LogP) is 1.61. The summed E-state index contributed by atoms with van der Waals surface area (Å²) in [6.45, 7) is 0. The average Bonchev–Trinajstić information content (AvgIpc) is 2.27. The molecule has 2 N–H and O–H groups in total. The van der Waals surface area contributed by atoms with Crippen LogP contribution in [0.5, 0.6) is 5.75 Å². The Morgan fingerprint density at radius 2 is 2.25 bits per heavy atom. The van der Waals surface area contributed by atoms with Crippen molar-refractivity contribution in [1.29, 1.82) is 0 Å². The second-order valence-corrected chi connectivity index (χ2v) is 3.19. The fraction of sp³-hybridized carbons (Fsp3) is 0.222. The van der Waals surface area contributed by atoms with E-state index in [1.54, 1.807) is 0 Å². The van der Waals surface area contributed by atoms with Crippen molar-refractivity contribution in [2.24, 2.45) is 0 Å². The summed E-state index contributed by atoms with van der Waals surface area (Å²) in [6, 6.07) is 2.30. The van der Waals surface area contributed by atoms with Gasteiger partial charge in [-0.05, 0) is 0 Å². The van der Waals surface area contributed by atoms with Gasteiger partial charge in [0.25, 0.3) is 0 Å². The molecule has 7 heteroatoms. The molecular formula is C9H9ClN2O4. The van der Waals surface area contributed by atoms with Gasteiger partial charge in [0.2, 0.25) is 0 Å². The SMILES string of the molecule is COc1cc(N)c(C(=O)CCl)cc1[N+](=O)[O-]. The summed E-state index contributed by atoms with van der Waals surface area (Å²) in [4.78, 5) is 21.4. The number of methoxy groups -OCH3 is 1. The number of nitrogens with two attached hydrogens (primary N) is 1. The number of hydrogen-bond acceptors (Lipinski definition) is 5. The van der Waals surface area contributed by atoms with Gasteiger partial charge in [0, 0.05) is 23.4 Å². The molecule has 0 bridgehead atoms. The molecule has 0 atom stereocenters. The Bertz CT molecular complexity index is 447. The van der Waals surface area contributed by atoms with Crippen LogP contribution in [0.2, 0.25) is 0 Å².